The fraction of sp³-hybridized carbons (Fsp3) is 0.154. The zero-order valence-electron chi connectivity index (χ0n) is 11.1. The number of hydrogen-bond donors (Lipinski definition) is 1. The lowest BCUT2D eigenvalue weighted by Gasteiger charge is -2.03. The summed E-state index contributed by atoms with van der Waals surface area (Å²) >= 11 is 0. The lowest BCUT2D eigenvalue weighted by Crippen LogP contribution is -1.92. The first-order valence-electron chi connectivity index (χ1n) is 5.95. The van der Waals surface area contributed by atoms with Crippen molar-refractivity contribution < 1.29 is 9.26 Å². The molecule has 0 spiro atoms. The average Bonchev–Trinajstić information content (AvgIpc) is 3.08. The van der Waals surface area contributed by atoms with Gasteiger partial charge in [0.2, 0.25) is 5.82 Å². The molecule has 0 fully saturated rings. The van der Waals surface area contributed by atoms with Gasteiger partial charge >= 0.3 is 0 Å². The molecule has 2 aromatic heterocycles. The lowest BCUT2D eigenvalue weighted by molar-refractivity contribution is 0.413. The van der Waals surface area contributed by atoms with E-state index >= 15 is 0 Å². The molecule has 0 aliphatic heterocycles. The van der Waals surface area contributed by atoms with E-state index in [-0.39, 0.29) is 0 Å². The molecule has 0 aliphatic rings. The van der Waals surface area contributed by atoms with Crippen molar-refractivity contribution in [1.82, 2.24) is 19.9 Å². The minimum absolute atomic E-state index is 0.335. The number of nitrogens with two attached hydrogens (primary N) is 1. The molecular weight excluding hydrogens is 258 g/mol. The Morgan fingerprint density at radius 1 is 1.30 bits per heavy atom. The summed E-state index contributed by atoms with van der Waals surface area (Å²) in [5.74, 6) is 1.43. The van der Waals surface area contributed by atoms with Crippen LogP contribution in [0, 0.1) is 0 Å². The Labute approximate surface area is 115 Å². The van der Waals surface area contributed by atoms with Crippen molar-refractivity contribution in [2.75, 3.05) is 12.8 Å². The number of ether oxygens (including phenoxy) is 1. The molecule has 0 aliphatic carbocycles. The van der Waals surface area contributed by atoms with Crippen molar-refractivity contribution in [3.63, 3.8) is 0 Å². The molecule has 0 unspecified atom stereocenters. The van der Waals surface area contributed by atoms with Gasteiger partial charge in [-0.15, -0.1) is 0 Å². The summed E-state index contributed by atoms with van der Waals surface area (Å²) < 4.78 is 12.1. The lowest BCUT2D eigenvalue weighted by atomic mass is 10.1. The normalized spacial score (nSPS) is 10.7. The Hall–Kier alpha value is -2.83. The van der Waals surface area contributed by atoms with Crippen LogP contribution in [0.1, 0.15) is 0 Å². The second-order valence-corrected chi connectivity index (χ2v) is 4.25. The minimum Gasteiger partial charge on any atom is -0.497 e. The van der Waals surface area contributed by atoms with Crippen molar-refractivity contribution in [3.05, 3.63) is 30.5 Å². The van der Waals surface area contributed by atoms with E-state index in [1.807, 2.05) is 19.3 Å². The van der Waals surface area contributed by atoms with Gasteiger partial charge in [-0.05, 0) is 24.3 Å². The van der Waals surface area contributed by atoms with Gasteiger partial charge in [-0.3, -0.25) is 4.68 Å². The van der Waals surface area contributed by atoms with Gasteiger partial charge in [0.1, 0.15) is 11.4 Å². The van der Waals surface area contributed by atoms with E-state index in [9.17, 15) is 0 Å². The number of anilines is 1. The fourth-order valence-electron chi connectivity index (χ4n) is 1.82. The van der Waals surface area contributed by atoms with Gasteiger partial charge < -0.3 is 15.0 Å². The van der Waals surface area contributed by atoms with Crippen LogP contribution in [-0.4, -0.2) is 27.0 Å². The highest BCUT2D eigenvalue weighted by atomic mass is 16.5. The highest BCUT2D eigenvalue weighted by Crippen LogP contribution is 2.29. The Bertz CT molecular complexity index is 747. The summed E-state index contributed by atoms with van der Waals surface area (Å²) in [7, 11) is 3.41. The summed E-state index contributed by atoms with van der Waals surface area (Å²) in [6, 6.07) is 7.07. The van der Waals surface area contributed by atoms with Crippen LogP contribution in [-0.2, 0) is 7.05 Å². The Kier molecular flexibility index (Phi) is 2.86. The number of aromatic nitrogens is 4. The van der Waals surface area contributed by atoms with E-state index in [2.05, 4.69) is 15.2 Å². The van der Waals surface area contributed by atoms with Crippen LogP contribution >= 0.6 is 0 Å². The third kappa shape index (κ3) is 2.09. The summed E-state index contributed by atoms with van der Waals surface area (Å²) in [5.41, 5.74) is 7.75. The molecule has 0 amide bonds. The molecule has 0 bridgehead atoms. The maximum absolute atomic E-state index is 5.93. The third-order valence-electron chi connectivity index (χ3n) is 2.86. The first-order valence-corrected chi connectivity index (χ1v) is 5.95. The maximum Gasteiger partial charge on any atom is 0.260 e. The Morgan fingerprint density at radius 3 is 2.85 bits per heavy atom. The van der Waals surface area contributed by atoms with Gasteiger partial charge in [0.05, 0.1) is 12.7 Å². The van der Waals surface area contributed by atoms with Crippen LogP contribution in [0.3, 0.4) is 0 Å². The SMILES string of the molecule is COc1ccc(N)c(-c2nc(-c3ccn(C)n3)no2)c1. The fourth-order valence-corrected chi connectivity index (χ4v) is 1.82. The zero-order chi connectivity index (χ0) is 14.1. The Morgan fingerprint density at radius 2 is 2.15 bits per heavy atom. The van der Waals surface area contributed by atoms with Gasteiger partial charge in [-0.2, -0.15) is 10.1 Å². The standard InChI is InChI=1S/C13H13N5O2/c1-18-6-5-11(16-18)12-15-13(20-17-12)9-7-8(19-2)3-4-10(9)14/h3-7H,14H2,1-2H3. The predicted octanol–water partition coefficient (Wildman–Crippen LogP) is 1.73. The number of benzene rings is 1. The highest BCUT2D eigenvalue weighted by molar-refractivity contribution is 5.72. The molecule has 2 heterocycles. The maximum atomic E-state index is 5.93. The summed E-state index contributed by atoms with van der Waals surface area (Å²) in [6.07, 6.45) is 1.81. The van der Waals surface area contributed by atoms with E-state index in [4.69, 9.17) is 15.0 Å². The van der Waals surface area contributed by atoms with Crippen molar-refractivity contribution in [2.24, 2.45) is 7.05 Å². The van der Waals surface area contributed by atoms with E-state index in [1.165, 1.54) is 0 Å². The molecular formula is C13H13N5O2. The number of rotatable bonds is 3. The first-order chi connectivity index (χ1) is 9.67. The van der Waals surface area contributed by atoms with Crippen LogP contribution in [0.2, 0.25) is 0 Å². The summed E-state index contributed by atoms with van der Waals surface area (Å²) in [4.78, 5) is 4.31. The number of methoxy groups -OCH3 is 1. The van der Waals surface area contributed by atoms with Crippen LogP contribution in [0.4, 0.5) is 5.69 Å². The van der Waals surface area contributed by atoms with E-state index < -0.39 is 0 Å². The largest absolute Gasteiger partial charge is 0.497 e. The second kappa shape index (κ2) is 4.69. The molecule has 102 valence electrons. The molecule has 20 heavy (non-hydrogen) atoms. The average molecular weight is 271 g/mol. The van der Waals surface area contributed by atoms with Crippen LogP contribution in [0.25, 0.3) is 23.0 Å². The van der Waals surface area contributed by atoms with Crippen molar-refractivity contribution >= 4 is 5.69 Å². The zero-order valence-corrected chi connectivity index (χ0v) is 11.1. The van der Waals surface area contributed by atoms with Crippen molar-refractivity contribution in [3.8, 4) is 28.7 Å². The quantitative estimate of drug-likeness (QED) is 0.729. The molecule has 7 nitrogen and oxygen atoms in total. The van der Waals surface area contributed by atoms with Crippen LogP contribution in [0.15, 0.2) is 35.0 Å². The number of nitrogen functional groups attached to an aromatic ring is 1. The molecule has 3 rings (SSSR count). The monoisotopic (exact) mass is 271 g/mol. The van der Waals surface area contributed by atoms with Crippen LogP contribution in [0.5, 0.6) is 5.75 Å². The third-order valence-corrected chi connectivity index (χ3v) is 2.86. The first kappa shape index (κ1) is 12.2. The van der Waals surface area contributed by atoms with Gasteiger partial charge in [0, 0.05) is 18.9 Å². The summed E-state index contributed by atoms with van der Waals surface area (Å²) in [5, 5.41) is 8.13. The van der Waals surface area contributed by atoms with E-state index in [0.29, 0.717) is 34.4 Å². The van der Waals surface area contributed by atoms with E-state index in [0.717, 1.165) is 0 Å². The molecule has 0 atom stereocenters. The molecule has 2 N–H and O–H groups in total. The van der Waals surface area contributed by atoms with E-state index in [1.54, 1.807) is 30.0 Å². The highest BCUT2D eigenvalue weighted by Gasteiger charge is 2.15. The number of hydrogen-bond acceptors (Lipinski definition) is 6. The van der Waals surface area contributed by atoms with Gasteiger partial charge in [0.15, 0.2) is 0 Å². The molecule has 0 radical (unpaired) electrons. The molecule has 0 saturated heterocycles. The number of nitrogens with zero attached hydrogens (tertiary/aromatic N) is 4. The second-order valence-electron chi connectivity index (χ2n) is 4.25. The Balaban J connectivity index is 2.01. The smallest absolute Gasteiger partial charge is 0.260 e. The predicted molar refractivity (Wildman–Crippen MR) is 72.9 cm³/mol. The molecule has 7 heteroatoms. The minimum atomic E-state index is 0.335. The number of aryl methyl sites for hydroxylation is 1. The van der Waals surface area contributed by atoms with Crippen molar-refractivity contribution in [1.29, 1.82) is 0 Å². The van der Waals surface area contributed by atoms with Gasteiger partial charge in [-0.25, -0.2) is 0 Å². The molecule has 1 aromatic carbocycles. The summed E-state index contributed by atoms with van der Waals surface area (Å²) in [6.45, 7) is 0. The van der Waals surface area contributed by atoms with Crippen molar-refractivity contribution in [2.45, 2.75) is 0 Å². The molecule has 3 aromatic rings. The van der Waals surface area contributed by atoms with Gasteiger partial charge in [-0.1, -0.05) is 5.16 Å². The topological polar surface area (TPSA) is 92.0 Å². The van der Waals surface area contributed by atoms with Crippen LogP contribution < -0.4 is 10.5 Å². The van der Waals surface area contributed by atoms with Gasteiger partial charge in [0.25, 0.3) is 5.89 Å². The molecule has 0 saturated carbocycles.